The quantitative estimate of drug-likeness (QED) is 0.816. The highest BCUT2D eigenvalue weighted by atomic mass is 79.9. The Kier molecular flexibility index (Phi) is 4.21. The topological polar surface area (TPSA) is 46.5 Å². The van der Waals surface area contributed by atoms with Gasteiger partial charge in [0.1, 0.15) is 22.9 Å². The summed E-state index contributed by atoms with van der Waals surface area (Å²) in [4.78, 5) is 11.1. The molecule has 0 bridgehead atoms. The summed E-state index contributed by atoms with van der Waals surface area (Å²) < 4.78 is 19.8. The van der Waals surface area contributed by atoms with Gasteiger partial charge in [-0.1, -0.05) is 15.9 Å². The molecule has 2 aromatic rings. The molecule has 2 rings (SSSR count). The molecule has 0 unspecified atom stereocenters. The second-order valence-electron chi connectivity index (χ2n) is 3.62. The minimum atomic E-state index is -1.12. The molecule has 2 aromatic carbocycles. The van der Waals surface area contributed by atoms with Gasteiger partial charge in [0.25, 0.3) is 0 Å². The molecule has 0 fully saturated rings. The Morgan fingerprint density at radius 1 is 1.11 bits per heavy atom. The first-order valence-electron chi connectivity index (χ1n) is 5.13. The fraction of sp³-hybridized carbons (Fsp3) is 0. The van der Waals surface area contributed by atoms with Crippen LogP contribution in [0.2, 0.25) is 0 Å². The maximum atomic E-state index is 13.2. The number of carboxylic acids is 1. The van der Waals surface area contributed by atoms with E-state index >= 15 is 0 Å². The van der Waals surface area contributed by atoms with Gasteiger partial charge in [-0.25, -0.2) is 9.18 Å². The van der Waals surface area contributed by atoms with E-state index in [1.165, 1.54) is 30.3 Å². The van der Waals surface area contributed by atoms with Gasteiger partial charge in [-0.05, 0) is 46.3 Å². The maximum Gasteiger partial charge on any atom is 0.339 e. The highest BCUT2D eigenvalue weighted by Gasteiger charge is 2.14. The molecule has 3 nitrogen and oxygen atoms in total. The van der Waals surface area contributed by atoms with E-state index < -0.39 is 11.8 Å². The number of hydrogen-bond acceptors (Lipinski definition) is 2. The van der Waals surface area contributed by atoms with Crippen LogP contribution in [0, 0.1) is 5.82 Å². The molecular weight excluding hydrogens is 383 g/mol. The molecule has 0 saturated carbocycles. The predicted molar refractivity (Wildman–Crippen MR) is 75.3 cm³/mol. The molecule has 0 amide bonds. The lowest BCUT2D eigenvalue weighted by molar-refractivity contribution is 0.0694. The van der Waals surface area contributed by atoms with Crippen molar-refractivity contribution in [2.24, 2.45) is 0 Å². The number of ether oxygens (including phenoxy) is 1. The normalized spacial score (nSPS) is 10.3. The van der Waals surface area contributed by atoms with Crippen molar-refractivity contribution in [3.8, 4) is 11.5 Å². The lowest BCUT2D eigenvalue weighted by Gasteiger charge is -2.10. The smallest absolute Gasteiger partial charge is 0.339 e. The van der Waals surface area contributed by atoms with E-state index in [1.807, 2.05) is 0 Å². The van der Waals surface area contributed by atoms with Crippen LogP contribution in [0.15, 0.2) is 45.3 Å². The van der Waals surface area contributed by atoms with Crippen LogP contribution in [0.5, 0.6) is 11.5 Å². The third kappa shape index (κ3) is 3.33. The number of carboxylic acid groups (broad SMARTS) is 1. The first-order chi connectivity index (χ1) is 8.97. The van der Waals surface area contributed by atoms with E-state index in [4.69, 9.17) is 9.84 Å². The van der Waals surface area contributed by atoms with Gasteiger partial charge >= 0.3 is 5.97 Å². The maximum absolute atomic E-state index is 13.2. The van der Waals surface area contributed by atoms with E-state index in [-0.39, 0.29) is 17.1 Å². The van der Waals surface area contributed by atoms with Crippen molar-refractivity contribution in [2.75, 3.05) is 0 Å². The number of rotatable bonds is 3. The number of aromatic carboxylic acids is 1. The van der Waals surface area contributed by atoms with Crippen LogP contribution in [0.25, 0.3) is 0 Å². The van der Waals surface area contributed by atoms with Gasteiger partial charge in [-0.15, -0.1) is 0 Å². The predicted octanol–water partition coefficient (Wildman–Crippen LogP) is 4.84. The van der Waals surface area contributed by atoms with E-state index in [9.17, 15) is 9.18 Å². The molecule has 19 heavy (non-hydrogen) atoms. The van der Waals surface area contributed by atoms with Gasteiger partial charge in [0.2, 0.25) is 0 Å². The first-order valence-corrected chi connectivity index (χ1v) is 6.71. The van der Waals surface area contributed by atoms with E-state index in [2.05, 4.69) is 31.9 Å². The molecule has 0 saturated heterocycles. The Labute approximate surface area is 125 Å². The third-order valence-corrected chi connectivity index (χ3v) is 3.44. The van der Waals surface area contributed by atoms with Gasteiger partial charge < -0.3 is 9.84 Å². The van der Waals surface area contributed by atoms with E-state index in [0.29, 0.717) is 8.95 Å². The molecule has 0 aromatic heterocycles. The molecule has 0 radical (unpaired) electrons. The van der Waals surface area contributed by atoms with Crippen LogP contribution in [0.4, 0.5) is 4.39 Å². The van der Waals surface area contributed by atoms with Crippen LogP contribution >= 0.6 is 31.9 Å². The zero-order chi connectivity index (χ0) is 14.0. The summed E-state index contributed by atoms with van der Waals surface area (Å²) in [5.41, 5.74) is -0.000591. The average molecular weight is 390 g/mol. The van der Waals surface area contributed by atoms with Gasteiger partial charge in [0.15, 0.2) is 0 Å². The minimum absolute atomic E-state index is 0.000591. The van der Waals surface area contributed by atoms with Crippen LogP contribution in [-0.2, 0) is 0 Å². The molecule has 0 atom stereocenters. The minimum Gasteiger partial charge on any atom is -0.478 e. The van der Waals surface area contributed by atoms with Crippen molar-refractivity contribution in [3.05, 3.63) is 56.7 Å². The summed E-state index contributed by atoms with van der Waals surface area (Å²) in [6.07, 6.45) is 0. The van der Waals surface area contributed by atoms with Crippen molar-refractivity contribution < 1.29 is 19.0 Å². The summed E-state index contributed by atoms with van der Waals surface area (Å²) in [7, 11) is 0. The highest BCUT2D eigenvalue weighted by molar-refractivity contribution is 9.10. The molecule has 0 heterocycles. The van der Waals surface area contributed by atoms with Crippen molar-refractivity contribution >= 4 is 37.8 Å². The zero-order valence-corrected chi connectivity index (χ0v) is 12.5. The van der Waals surface area contributed by atoms with Crippen molar-refractivity contribution in [2.45, 2.75) is 0 Å². The standard InChI is InChI=1S/C13H7Br2FO3/c14-7-1-3-9(13(17)18)11(5-7)19-12-6-8(16)2-4-10(12)15/h1-6H,(H,17,18). The van der Waals surface area contributed by atoms with Crippen LogP contribution in [-0.4, -0.2) is 11.1 Å². The summed E-state index contributed by atoms with van der Waals surface area (Å²) in [6.45, 7) is 0. The number of carbonyl (C=O) groups is 1. The van der Waals surface area contributed by atoms with Gasteiger partial charge in [0.05, 0.1) is 4.47 Å². The molecule has 0 aliphatic carbocycles. The Bertz CT molecular complexity index is 644. The zero-order valence-electron chi connectivity index (χ0n) is 9.36. The summed E-state index contributed by atoms with van der Waals surface area (Å²) in [5, 5.41) is 9.08. The monoisotopic (exact) mass is 388 g/mol. The Hall–Kier alpha value is -1.40. The second kappa shape index (κ2) is 5.71. The third-order valence-electron chi connectivity index (χ3n) is 2.29. The molecule has 98 valence electrons. The highest BCUT2D eigenvalue weighted by Crippen LogP contribution is 2.33. The summed E-state index contributed by atoms with van der Waals surface area (Å²) in [6, 6.07) is 8.46. The van der Waals surface area contributed by atoms with Gasteiger partial charge in [-0.3, -0.25) is 0 Å². The van der Waals surface area contributed by atoms with E-state index in [1.54, 1.807) is 6.07 Å². The fourth-order valence-corrected chi connectivity index (χ4v) is 2.10. The lowest BCUT2D eigenvalue weighted by Crippen LogP contribution is -2.00. The van der Waals surface area contributed by atoms with Crippen LogP contribution in [0.1, 0.15) is 10.4 Å². The molecule has 1 N–H and O–H groups in total. The van der Waals surface area contributed by atoms with Crippen molar-refractivity contribution in [1.82, 2.24) is 0 Å². The second-order valence-corrected chi connectivity index (χ2v) is 5.39. The Morgan fingerprint density at radius 2 is 1.84 bits per heavy atom. The number of benzene rings is 2. The van der Waals surface area contributed by atoms with E-state index in [0.717, 1.165) is 0 Å². The molecule has 0 aliphatic rings. The van der Waals surface area contributed by atoms with Crippen molar-refractivity contribution in [1.29, 1.82) is 0 Å². The lowest BCUT2D eigenvalue weighted by atomic mass is 10.2. The summed E-state index contributed by atoms with van der Waals surface area (Å²) in [5.74, 6) is -1.24. The van der Waals surface area contributed by atoms with Crippen LogP contribution < -0.4 is 4.74 Å². The summed E-state index contributed by atoms with van der Waals surface area (Å²) >= 11 is 6.45. The molecular formula is C13H7Br2FO3. The van der Waals surface area contributed by atoms with Crippen LogP contribution in [0.3, 0.4) is 0 Å². The molecule has 0 spiro atoms. The van der Waals surface area contributed by atoms with Gasteiger partial charge in [0, 0.05) is 10.5 Å². The largest absolute Gasteiger partial charge is 0.478 e. The SMILES string of the molecule is O=C(O)c1ccc(Br)cc1Oc1cc(F)ccc1Br. The van der Waals surface area contributed by atoms with Crippen molar-refractivity contribution in [3.63, 3.8) is 0 Å². The Morgan fingerprint density at radius 3 is 2.53 bits per heavy atom. The molecule has 6 heteroatoms. The average Bonchev–Trinajstić information content (AvgIpc) is 2.33. The molecule has 0 aliphatic heterocycles. The number of halogens is 3. The fourth-order valence-electron chi connectivity index (χ4n) is 1.43. The number of hydrogen-bond donors (Lipinski definition) is 1. The van der Waals surface area contributed by atoms with Gasteiger partial charge in [-0.2, -0.15) is 0 Å². The Balaban J connectivity index is 2.45. The first kappa shape index (κ1) is 14.0.